The molecule has 0 aliphatic carbocycles. The summed E-state index contributed by atoms with van der Waals surface area (Å²) in [7, 11) is -3.66. The molecule has 4 heteroatoms. The highest BCUT2D eigenvalue weighted by molar-refractivity contribution is 7.86. The standard InChI is InChI=1S/C24H42O3S/c1-21(2)15-9-5-6-11-17-23-18-12-13-19-24(23)28(25,26)27-20-14-8-7-10-16-22(3)4/h12-13,18-19,21-22H,5-11,14-17,20H2,1-4H3. The van der Waals surface area contributed by atoms with Crippen molar-refractivity contribution in [1.82, 2.24) is 0 Å². The highest BCUT2D eigenvalue weighted by Gasteiger charge is 2.18. The molecule has 162 valence electrons. The van der Waals surface area contributed by atoms with Crippen molar-refractivity contribution in [3.05, 3.63) is 29.8 Å². The van der Waals surface area contributed by atoms with Gasteiger partial charge in [0.25, 0.3) is 10.1 Å². The maximum absolute atomic E-state index is 12.6. The van der Waals surface area contributed by atoms with Crippen molar-refractivity contribution in [3.8, 4) is 0 Å². The molecule has 3 nitrogen and oxygen atoms in total. The highest BCUT2D eigenvalue weighted by atomic mass is 32.2. The third-order valence-corrected chi connectivity index (χ3v) is 6.55. The van der Waals surface area contributed by atoms with E-state index in [1.807, 2.05) is 12.1 Å². The minimum Gasteiger partial charge on any atom is -0.266 e. The van der Waals surface area contributed by atoms with Crippen molar-refractivity contribution >= 4 is 10.1 Å². The predicted octanol–water partition coefficient (Wildman–Crippen LogP) is 7.15. The van der Waals surface area contributed by atoms with E-state index in [4.69, 9.17) is 4.18 Å². The first-order chi connectivity index (χ1) is 13.3. The Morgan fingerprint density at radius 2 is 1.29 bits per heavy atom. The molecule has 0 bridgehead atoms. The SMILES string of the molecule is CC(C)CCCCCCOS(=O)(=O)c1ccccc1CCCCCCC(C)C. The summed E-state index contributed by atoms with van der Waals surface area (Å²) >= 11 is 0. The van der Waals surface area contributed by atoms with Gasteiger partial charge in [-0.2, -0.15) is 8.42 Å². The lowest BCUT2D eigenvalue weighted by Gasteiger charge is -2.11. The van der Waals surface area contributed by atoms with E-state index in [0.29, 0.717) is 4.90 Å². The summed E-state index contributed by atoms with van der Waals surface area (Å²) in [6, 6.07) is 7.32. The molecule has 0 N–H and O–H groups in total. The van der Waals surface area contributed by atoms with Crippen molar-refractivity contribution in [1.29, 1.82) is 0 Å². The molecule has 0 unspecified atom stereocenters. The molecule has 0 aromatic heterocycles. The monoisotopic (exact) mass is 410 g/mol. The zero-order valence-electron chi connectivity index (χ0n) is 18.6. The van der Waals surface area contributed by atoms with E-state index >= 15 is 0 Å². The average molecular weight is 411 g/mol. The van der Waals surface area contributed by atoms with E-state index < -0.39 is 10.1 Å². The molecule has 0 radical (unpaired) electrons. The van der Waals surface area contributed by atoms with Crippen LogP contribution in [0.15, 0.2) is 29.2 Å². The van der Waals surface area contributed by atoms with Gasteiger partial charge in [-0.25, -0.2) is 0 Å². The second-order valence-corrected chi connectivity index (χ2v) is 10.4. The fraction of sp³-hybridized carbons (Fsp3) is 0.750. The molecule has 1 aromatic rings. The molecular weight excluding hydrogens is 368 g/mol. The smallest absolute Gasteiger partial charge is 0.266 e. The Morgan fingerprint density at radius 3 is 1.89 bits per heavy atom. The Morgan fingerprint density at radius 1 is 0.750 bits per heavy atom. The lowest BCUT2D eigenvalue weighted by atomic mass is 10.0. The van der Waals surface area contributed by atoms with Gasteiger partial charge in [-0.15, -0.1) is 0 Å². The molecule has 28 heavy (non-hydrogen) atoms. The second kappa shape index (κ2) is 14.2. The summed E-state index contributed by atoms with van der Waals surface area (Å²) in [5.74, 6) is 1.50. The number of hydrogen-bond acceptors (Lipinski definition) is 3. The Kier molecular flexibility index (Phi) is 12.7. The summed E-state index contributed by atoms with van der Waals surface area (Å²) in [6.07, 6.45) is 12.2. The van der Waals surface area contributed by atoms with E-state index in [-0.39, 0.29) is 6.61 Å². The Balaban J connectivity index is 2.39. The van der Waals surface area contributed by atoms with Crippen molar-refractivity contribution in [2.45, 2.75) is 103 Å². The molecule has 1 rings (SSSR count). The Hall–Kier alpha value is -0.870. The van der Waals surface area contributed by atoms with Crippen LogP contribution in [0.4, 0.5) is 0 Å². The van der Waals surface area contributed by atoms with E-state index in [2.05, 4.69) is 27.7 Å². The van der Waals surface area contributed by atoms with Crippen LogP contribution in [0, 0.1) is 11.8 Å². The van der Waals surface area contributed by atoms with Crippen molar-refractivity contribution in [3.63, 3.8) is 0 Å². The Labute approximate surface area is 174 Å². The number of unbranched alkanes of at least 4 members (excludes halogenated alkanes) is 6. The van der Waals surface area contributed by atoms with Crippen LogP contribution >= 0.6 is 0 Å². The first-order valence-corrected chi connectivity index (χ1v) is 12.7. The summed E-state index contributed by atoms with van der Waals surface area (Å²) in [5.41, 5.74) is 0.892. The lowest BCUT2D eigenvalue weighted by Crippen LogP contribution is -2.10. The van der Waals surface area contributed by atoms with E-state index in [9.17, 15) is 8.42 Å². The minimum absolute atomic E-state index is 0.285. The van der Waals surface area contributed by atoms with Gasteiger partial charge < -0.3 is 0 Å². The first-order valence-electron chi connectivity index (χ1n) is 11.3. The molecule has 0 spiro atoms. The van der Waals surface area contributed by atoms with Gasteiger partial charge in [-0.3, -0.25) is 4.18 Å². The highest BCUT2D eigenvalue weighted by Crippen LogP contribution is 2.21. The molecule has 0 aliphatic heterocycles. The van der Waals surface area contributed by atoms with Gasteiger partial charge in [0.2, 0.25) is 0 Å². The van der Waals surface area contributed by atoms with Gasteiger partial charge >= 0.3 is 0 Å². The predicted molar refractivity (Wildman–Crippen MR) is 119 cm³/mol. The van der Waals surface area contributed by atoms with Gasteiger partial charge in [0.05, 0.1) is 11.5 Å². The van der Waals surface area contributed by atoms with Crippen LogP contribution in [0.25, 0.3) is 0 Å². The van der Waals surface area contributed by atoms with Crippen LogP contribution in [0.5, 0.6) is 0 Å². The molecule has 0 saturated carbocycles. The number of benzene rings is 1. The molecule has 0 fully saturated rings. The van der Waals surface area contributed by atoms with Crippen LogP contribution < -0.4 is 0 Å². The summed E-state index contributed by atoms with van der Waals surface area (Å²) in [4.78, 5) is 0.358. The molecule has 0 amide bonds. The average Bonchev–Trinajstić information content (AvgIpc) is 2.63. The van der Waals surface area contributed by atoms with E-state index in [0.717, 1.165) is 55.9 Å². The zero-order valence-corrected chi connectivity index (χ0v) is 19.4. The van der Waals surface area contributed by atoms with Gasteiger partial charge in [0.15, 0.2) is 0 Å². The summed E-state index contributed by atoms with van der Waals surface area (Å²) in [5, 5.41) is 0. The fourth-order valence-corrected chi connectivity index (χ4v) is 4.62. The molecule has 0 atom stereocenters. The van der Waals surface area contributed by atoms with Crippen molar-refractivity contribution < 1.29 is 12.6 Å². The molecular formula is C24H42O3S. The van der Waals surface area contributed by atoms with Crippen LogP contribution in [-0.4, -0.2) is 15.0 Å². The fourth-order valence-electron chi connectivity index (χ4n) is 3.42. The zero-order chi connectivity index (χ0) is 20.8. The topological polar surface area (TPSA) is 43.4 Å². The third-order valence-electron chi connectivity index (χ3n) is 5.13. The lowest BCUT2D eigenvalue weighted by molar-refractivity contribution is 0.305. The summed E-state index contributed by atoms with van der Waals surface area (Å²) in [6.45, 7) is 9.27. The molecule has 0 aliphatic rings. The van der Waals surface area contributed by atoms with E-state index in [1.54, 1.807) is 12.1 Å². The second-order valence-electron chi connectivity index (χ2n) is 8.83. The third kappa shape index (κ3) is 11.2. The number of aryl methyl sites for hydroxylation is 1. The molecule has 0 saturated heterocycles. The summed E-state index contributed by atoms with van der Waals surface area (Å²) < 4.78 is 30.6. The first kappa shape index (κ1) is 25.2. The quantitative estimate of drug-likeness (QED) is 0.215. The van der Waals surface area contributed by atoms with Gasteiger partial charge in [0, 0.05) is 0 Å². The van der Waals surface area contributed by atoms with Crippen molar-refractivity contribution in [2.75, 3.05) is 6.61 Å². The molecule has 1 aromatic carbocycles. The number of rotatable bonds is 16. The minimum atomic E-state index is -3.66. The van der Waals surface area contributed by atoms with Crippen LogP contribution in [0.2, 0.25) is 0 Å². The van der Waals surface area contributed by atoms with Crippen LogP contribution in [-0.2, 0) is 20.7 Å². The van der Waals surface area contributed by atoms with Gasteiger partial charge in [-0.1, -0.05) is 97.3 Å². The van der Waals surface area contributed by atoms with Gasteiger partial charge in [0.1, 0.15) is 0 Å². The Bertz CT molecular complexity index is 620. The van der Waals surface area contributed by atoms with Gasteiger partial charge in [-0.05, 0) is 42.7 Å². The van der Waals surface area contributed by atoms with Crippen LogP contribution in [0.3, 0.4) is 0 Å². The van der Waals surface area contributed by atoms with E-state index in [1.165, 1.54) is 32.1 Å². The van der Waals surface area contributed by atoms with Crippen molar-refractivity contribution in [2.24, 2.45) is 11.8 Å². The maximum Gasteiger partial charge on any atom is 0.297 e. The maximum atomic E-state index is 12.6. The largest absolute Gasteiger partial charge is 0.297 e. The number of hydrogen-bond donors (Lipinski definition) is 0. The normalized spacial score (nSPS) is 12.2. The molecule has 0 heterocycles. The van der Waals surface area contributed by atoms with Crippen LogP contribution in [0.1, 0.15) is 97.5 Å².